The Balaban J connectivity index is 3.85. The summed E-state index contributed by atoms with van der Waals surface area (Å²) in [6.07, 6.45) is 0. The van der Waals surface area contributed by atoms with Gasteiger partial charge in [0.2, 0.25) is 4.90 Å². The van der Waals surface area contributed by atoms with Gasteiger partial charge in [0.25, 0.3) is 11.4 Å². The summed E-state index contributed by atoms with van der Waals surface area (Å²) in [6.45, 7) is 0. The van der Waals surface area contributed by atoms with E-state index in [9.17, 15) is 28.6 Å². The molecule has 0 unspecified atom stereocenters. The Kier molecular flexibility index (Phi) is 2.97. The van der Waals surface area contributed by atoms with Crippen LogP contribution in [-0.2, 0) is 10.1 Å². The first-order valence-electron chi connectivity index (χ1n) is 3.84. The molecule has 0 spiro atoms. The first-order chi connectivity index (χ1) is 7.64. The fourth-order valence-corrected chi connectivity index (χ4v) is 1.95. The Morgan fingerprint density at radius 3 is 1.71 bits per heavy atom. The number of hydrogen-bond acceptors (Lipinski definition) is 7. The maximum Gasteiger partial charge on any atom is 0.308 e. The van der Waals surface area contributed by atoms with Crippen LogP contribution in [0.2, 0.25) is 0 Å². The molecule has 0 bridgehead atoms. The van der Waals surface area contributed by atoms with Crippen molar-refractivity contribution in [1.82, 2.24) is 0 Å². The van der Waals surface area contributed by atoms with Crippen molar-refractivity contribution in [2.24, 2.45) is 0 Å². The number of nitro benzene ring substituents is 2. The molecule has 0 atom stereocenters. The smallest absolute Gasteiger partial charge is 0.308 e. The quantitative estimate of drug-likeness (QED) is 0.340. The lowest BCUT2D eigenvalue weighted by Gasteiger charge is -2.02. The second-order valence-electron chi connectivity index (χ2n) is 2.88. The van der Waals surface area contributed by atoms with Crippen molar-refractivity contribution in [2.75, 3.05) is 5.73 Å². The van der Waals surface area contributed by atoms with Crippen LogP contribution < -0.4 is 5.73 Å². The molecule has 0 saturated heterocycles. The summed E-state index contributed by atoms with van der Waals surface area (Å²) in [4.78, 5) is 17.3. The average molecular weight is 263 g/mol. The Labute approximate surface area is 93.7 Å². The maximum atomic E-state index is 10.9. The van der Waals surface area contributed by atoms with Crippen molar-refractivity contribution in [3.63, 3.8) is 0 Å². The summed E-state index contributed by atoms with van der Waals surface area (Å²) < 4.78 is 30.6. The summed E-state index contributed by atoms with van der Waals surface area (Å²) >= 11 is 0. The molecule has 1 aromatic rings. The van der Waals surface area contributed by atoms with Gasteiger partial charge in [0.15, 0.2) is 0 Å². The Morgan fingerprint density at radius 2 is 1.47 bits per heavy atom. The zero-order chi connectivity index (χ0) is 13.4. The third-order valence-electron chi connectivity index (χ3n) is 1.72. The van der Waals surface area contributed by atoms with Crippen LogP contribution in [0.25, 0.3) is 0 Å². The first kappa shape index (κ1) is 12.8. The molecule has 0 saturated carbocycles. The summed E-state index contributed by atoms with van der Waals surface area (Å²) in [5.74, 6) is 0. The zero-order valence-electron chi connectivity index (χ0n) is 7.93. The van der Waals surface area contributed by atoms with E-state index >= 15 is 0 Å². The third kappa shape index (κ3) is 2.46. The highest BCUT2D eigenvalue weighted by Crippen LogP contribution is 2.34. The van der Waals surface area contributed by atoms with Gasteiger partial charge in [0.1, 0.15) is 0 Å². The van der Waals surface area contributed by atoms with Gasteiger partial charge in [-0.1, -0.05) is 0 Å². The highest BCUT2D eigenvalue weighted by atomic mass is 32.2. The van der Waals surface area contributed by atoms with Crippen LogP contribution in [0.5, 0.6) is 0 Å². The van der Waals surface area contributed by atoms with Gasteiger partial charge in [-0.05, 0) is 0 Å². The number of benzene rings is 1. The molecule has 1 rings (SSSR count). The Morgan fingerprint density at radius 1 is 1.12 bits per heavy atom. The Bertz CT molecular complexity index is 573. The largest absolute Gasteiger partial charge is 0.398 e. The predicted molar refractivity (Wildman–Crippen MR) is 54.0 cm³/mol. The van der Waals surface area contributed by atoms with E-state index in [1.54, 1.807) is 0 Å². The zero-order valence-corrected chi connectivity index (χ0v) is 8.75. The van der Waals surface area contributed by atoms with E-state index < -0.39 is 36.2 Å². The summed E-state index contributed by atoms with van der Waals surface area (Å²) in [7, 11) is -5.11. The fraction of sp³-hybridized carbons (Fsp3) is 0. The van der Waals surface area contributed by atoms with Crippen LogP contribution in [-0.4, -0.2) is 22.8 Å². The molecule has 0 aliphatic heterocycles. The minimum absolute atomic E-state index is 0.365. The molecule has 0 aliphatic carbocycles. The number of rotatable bonds is 3. The predicted octanol–water partition coefficient (Wildman–Crippen LogP) is 0.332. The van der Waals surface area contributed by atoms with Crippen LogP contribution >= 0.6 is 0 Å². The molecule has 1 aromatic carbocycles. The topological polar surface area (TPSA) is 167 Å². The van der Waals surface area contributed by atoms with E-state index in [-0.39, 0.29) is 5.69 Å². The number of nitrogens with zero attached hydrogens (tertiary/aromatic N) is 2. The average Bonchev–Trinajstić information content (AvgIpc) is 2.14. The summed E-state index contributed by atoms with van der Waals surface area (Å²) in [6, 6.07) is 1.21. The standard InChI is InChI=1S/C6H5N3O7S/c7-3-1-4(8(10)11)6(17(14,15)16)5(2-3)9(12)13/h1-2H,7H2,(H,14,15,16). The van der Waals surface area contributed by atoms with Crippen LogP contribution in [0.15, 0.2) is 17.0 Å². The molecule has 11 heteroatoms. The highest BCUT2D eigenvalue weighted by Gasteiger charge is 2.35. The molecule has 0 aromatic heterocycles. The van der Waals surface area contributed by atoms with Crippen LogP contribution in [0.1, 0.15) is 0 Å². The fourth-order valence-electron chi connectivity index (χ4n) is 1.16. The van der Waals surface area contributed by atoms with Gasteiger partial charge >= 0.3 is 10.1 Å². The second kappa shape index (κ2) is 3.95. The van der Waals surface area contributed by atoms with E-state index in [0.717, 1.165) is 0 Å². The van der Waals surface area contributed by atoms with E-state index in [2.05, 4.69) is 0 Å². The molecule has 0 radical (unpaired) electrons. The SMILES string of the molecule is Nc1cc([N+](=O)[O-])c(S(=O)(=O)O)c([N+](=O)[O-])c1. The number of nitrogen functional groups attached to an aromatic ring is 1. The van der Waals surface area contributed by atoms with Crippen LogP contribution in [0.4, 0.5) is 17.1 Å². The molecule has 10 nitrogen and oxygen atoms in total. The third-order valence-corrected chi connectivity index (χ3v) is 2.66. The maximum absolute atomic E-state index is 10.9. The molecule has 92 valence electrons. The van der Waals surface area contributed by atoms with Gasteiger partial charge in [-0.3, -0.25) is 24.8 Å². The summed E-state index contributed by atoms with van der Waals surface area (Å²) in [5.41, 5.74) is 2.49. The van der Waals surface area contributed by atoms with Gasteiger partial charge in [-0.2, -0.15) is 8.42 Å². The molecular formula is C6H5N3O7S. The van der Waals surface area contributed by atoms with Gasteiger partial charge in [-0.25, -0.2) is 0 Å². The molecule has 3 N–H and O–H groups in total. The van der Waals surface area contributed by atoms with E-state index in [1.165, 1.54) is 0 Å². The molecule has 0 heterocycles. The van der Waals surface area contributed by atoms with Crippen molar-refractivity contribution < 1.29 is 22.8 Å². The van der Waals surface area contributed by atoms with E-state index in [4.69, 9.17) is 10.3 Å². The van der Waals surface area contributed by atoms with Gasteiger partial charge in [-0.15, -0.1) is 0 Å². The summed E-state index contributed by atoms with van der Waals surface area (Å²) in [5, 5.41) is 21.1. The van der Waals surface area contributed by atoms with Crippen LogP contribution in [0.3, 0.4) is 0 Å². The van der Waals surface area contributed by atoms with Crippen molar-refractivity contribution in [2.45, 2.75) is 4.90 Å². The molecule has 17 heavy (non-hydrogen) atoms. The lowest BCUT2D eigenvalue weighted by atomic mass is 10.2. The van der Waals surface area contributed by atoms with E-state index in [1.807, 2.05) is 0 Å². The second-order valence-corrected chi connectivity index (χ2v) is 4.24. The van der Waals surface area contributed by atoms with Gasteiger partial charge in [0, 0.05) is 17.8 Å². The normalized spacial score (nSPS) is 11.1. The monoisotopic (exact) mass is 263 g/mol. The van der Waals surface area contributed by atoms with Gasteiger partial charge < -0.3 is 5.73 Å². The molecule has 0 amide bonds. The Hall–Kier alpha value is -2.27. The van der Waals surface area contributed by atoms with Crippen molar-refractivity contribution in [1.29, 1.82) is 0 Å². The minimum atomic E-state index is -5.11. The van der Waals surface area contributed by atoms with Crippen molar-refractivity contribution in [3.05, 3.63) is 32.4 Å². The molecule has 0 aliphatic rings. The first-order valence-corrected chi connectivity index (χ1v) is 5.28. The van der Waals surface area contributed by atoms with Gasteiger partial charge in [0.05, 0.1) is 9.85 Å². The van der Waals surface area contributed by atoms with Crippen molar-refractivity contribution >= 4 is 27.2 Å². The number of hydrogen-bond donors (Lipinski definition) is 2. The lowest BCUT2D eigenvalue weighted by molar-refractivity contribution is -0.399. The highest BCUT2D eigenvalue weighted by molar-refractivity contribution is 7.86. The minimum Gasteiger partial charge on any atom is -0.398 e. The molecular weight excluding hydrogens is 258 g/mol. The number of anilines is 1. The lowest BCUT2D eigenvalue weighted by Crippen LogP contribution is -2.08. The van der Waals surface area contributed by atoms with Crippen molar-refractivity contribution in [3.8, 4) is 0 Å². The number of nitro groups is 2. The van der Waals surface area contributed by atoms with Crippen LogP contribution in [0, 0.1) is 20.2 Å². The number of nitrogens with two attached hydrogens (primary N) is 1. The molecule has 0 fully saturated rings. The van der Waals surface area contributed by atoms with E-state index in [0.29, 0.717) is 12.1 Å².